The highest BCUT2D eigenvalue weighted by Crippen LogP contribution is 2.32. The maximum absolute atomic E-state index is 13.2. The third-order valence-electron chi connectivity index (χ3n) is 5.17. The molecular formula is C21H23ClFN3O. The maximum atomic E-state index is 13.2. The second-order valence-corrected chi connectivity index (χ2v) is 7.77. The Balaban J connectivity index is 1.21. The van der Waals surface area contributed by atoms with Crippen molar-refractivity contribution >= 4 is 17.2 Å². The summed E-state index contributed by atoms with van der Waals surface area (Å²) >= 11 is 5.80. The molecule has 1 aromatic carbocycles. The summed E-state index contributed by atoms with van der Waals surface area (Å²) < 4.78 is 21.1. The number of hydrogen-bond acceptors (Lipinski definition) is 3. The Hall–Kier alpha value is -2.11. The zero-order chi connectivity index (χ0) is 18.8. The van der Waals surface area contributed by atoms with E-state index in [9.17, 15) is 4.39 Å². The van der Waals surface area contributed by atoms with Crippen LogP contribution in [-0.2, 0) is 6.42 Å². The summed E-state index contributed by atoms with van der Waals surface area (Å²) in [4.78, 5) is 4.44. The lowest BCUT2D eigenvalue weighted by Crippen LogP contribution is -2.42. The standard InChI is InChI=1S/C21H23ClFN3O/c1-14(9-16-3-2-7-26-8-6-24-21(16)26)25-13-15-10-18(11-15)27-17-4-5-20(23)19(22)12-17/h2-8,12,14-15,18,25H,9-11,13H2,1H3. The first kappa shape index (κ1) is 18.3. The Bertz CT molecular complexity index is 923. The third kappa shape index (κ3) is 4.25. The molecule has 1 aliphatic rings. The number of nitrogens with zero attached hydrogens (tertiary/aromatic N) is 2. The van der Waals surface area contributed by atoms with Crippen LogP contribution in [-0.4, -0.2) is 28.1 Å². The molecule has 0 radical (unpaired) electrons. The topological polar surface area (TPSA) is 38.6 Å². The summed E-state index contributed by atoms with van der Waals surface area (Å²) in [5, 5.41) is 3.73. The Kier molecular flexibility index (Phi) is 5.32. The number of fused-ring (bicyclic) bond motifs is 1. The summed E-state index contributed by atoms with van der Waals surface area (Å²) in [6, 6.07) is 9.10. The molecule has 27 heavy (non-hydrogen) atoms. The van der Waals surface area contributed by atoms with Gasteiger partial charge in [-0.25, -0.2) is 9.37 Å². The second kappa shape index (κ2) is 7.87. The lowest BCUT2D eigenvalue weighted by molar-refractivity contribution is 0.0635. The van der Waals surface area contributed by atoms with Gasteiger partial charge in [0.15, 0.2) is 0 Å². The molecule has 0 aliphatic heterocycles. The molecule has 1 N–H and O–H groups in total. The number of imidazole rings is 1. The van der Waals surface area contributed by atoms with Crippen molar-refractivity contribution in [2.45, 2.75) is 38.3 Å². The molecule has 1 fully saturated rings. The molecule has 1 aliphatic carbocycles. The summed E-state index contributed by atoms with van der Waals surface area (Å²) in [5.41, 5.74) is 2.28. The molecule has 1 saturated carbocycles. The van der Waals surface area contributed by atoms with Gasteiger partial charge in [0.05, 0.1) is 11.1 Å². The van der Waals surface area contributed by atoms with E-state index in [0.29, 0.717) is 17.7 Å². The average molecular weight is 388 g/mol. The number of hydrogen-bond donors (Lipinski definition) is 1. The minimum absolute atomic E-state index is 0.103. The fraction of sp³-hybridized carbons (Fsp3) is 0.381. The van der Waals surface area contributed by atoms with Crippen LogP contribution in [0.1, 0.15) is 25.3 Å². The molecular weight excluding hydrogens is 365 g/mol. The van der Waals surface area contributed by atoms with Gasteiger partial charge in [0.1, 0.15) is 17.2 Å². The van der Waals surface area contributed by atoms with Crippen LogP contribution in [0, 0.1) is 11.7 Å². The predicted octanol–water partition coefficient (Wildman–Crippen LogP) is 4.51. The van der Waals surface area contributed by atoms with Crippen LogP contribution in [0.5, 0.6) is 5.75 Å². The van der Waals surface area contributed by atoms with Gasteiger partial charge >= 0.3 is 0 Å². The highest BCUT2D eigenvalue weighted by atomic mass is 35.5. The number of benzene rings is 1. The average Bonchev–Trinajstić information content (AvgIpc) is 3.09. The van der Waals surface area contributed by atoms with Crippen LogP contribution in [0.3, 0.4) is 0 Å². The molecule has 3 aromatic rings. The molecule has 0 spiro atoms. The molecule has 2 heterocycles. The minimum Gasteiger partial charge on any atom is -0.490 e. The molecule has 2 aromatic heterocycles. The second-order valence-electron chi connectivity index (χ2n) is 7.36. The van der Waals surface area contributed by atoms with Crippen molar-refractivity contribution in [3.05, 3.63) is 65.3 Å². The van der Waals surface area contributed by atoms with E-state index >= 15 is 0 Å². The van der Waals surface area contributed by atoms with Crippen molar-refractivity contribution < 1.29 is 9.13 Å². The van der Waals surface area contributed by atoms with E-state index in [0.717, 1.165) is 31.5 Å². The molecule has 1 unspecified atom stereocenters. The van der Waals surface area contributed by atoms with E-state index in [4.69, 9.17) is 16.3 Å². The number of pyridine rings is 1. The minimum atomic E-state index is -0.417. The van der Waals surface area contributed by atoms with E-state index in [1.54, 1.807) is 12.1 Å². The third-order valence-corrected chi connectivity index (χ3v) is 5.46. The first-order chi connectivity index (χ1) is 13.1. The van der Waals surface area contributed by atoms with Crippen molar-refractivity contribution in [3.8, 4) is 5.75 Å². The van der Waals surface area contributed by atoms with Crippen molar-refractivity contribution in [2.24, 2.45) is 5.92 Å². The fourth-order valence-electron chi connectivity index (χ4n) is 3.62. The monoisotopic (exact) mass is 387 g/mol. The summed E-state index contributed by atoms with van der Waals surface area (Å²) in [7, 11) is 0. The molecule has 142 valence electrons. The maximum Gasteiger partial charge on any atom is 0.142 e. The van der Waals surface area contributed by atoms with Crippen LogP contribution < -0.4 is 10.1 Å². The predicted molar refractivity (Wildman–Crippen MR) is 105 cm³/mol. The Morgan fingerprint density at radius 1 is 1.33 bits per heavy atom. The Morgan fingerprint density at radius 3 is 3.00 bits per heavy atom. The van der Waals surface area contributed by atoms with E-state index < -0.39 is 5.82 Å². The summed E-state index contributed by atoms with van der Waals surface area (Å²) in [6.07, 6.45) is 8.97. The molecule has 1 atom stereocenters. The van der Waals surface area contributed by atoms with Crippen LogP contribution in [0.2, 0.25) is 5.02 Å². The van der Waals surface area contributed by atoms with Crippen LogP contribution >= 0.6 is 11.6 Å². The van der Waals surface area contributed by atoms with Gasteiger partial charge < -0.3 is 14.5 Å². The quantitative estimate of drug-likeness (QED) is 0.648. The number of aromatic nitrogens is 2. The van der Waals surface area contributed by atoms with E-state index in [-0.39, 0.29) is 11.1 Å². The van der Waals surface area contributed by atoms with Crippen LogP contribution in [0.4, 0.5) is 4.39 Å². The highest BCUT2D eigenvalue weighted by molar-refractivity contribution is 6.30. The van der Waals surface area contributed by atoms with Gasteiger partial charge in [0.2, 0.25) is 0 Å². The van der Waals surface area contributed by atoms with Crippen LogP contribution in [0.15, 0.2) is 48.9 Å². The van der Waals surface area contributed by atoms with Crippen molar-refractivity contribution in [3.63, 3.8) is 0 Å². The first-order valence-electron chi connectivity index (χ1n) is 9.34. The Morgan fingerprint density at radius 2 is 2.19 bits per heavy atom. The smallest absolute Gasteiger partial charge is 0.142 e. The van der Waals surface area contributed by atoms with Gasteiger partial charge in [-0.05, 0) is 62.4 Å². The number of rotatable bonds is 7. The van der Waals surface area contributed by atoms with Gasteiger partial charge in [0, 0.05) is 30.7 Å². The van der Waals surface area contributed by atoms with Gasteiger partial charge in [-0.2, -0.15) is 0 Å². The lowest BCUT2D eigenvalue weighted by Gasteiger charge is -2.36. The molecule has 0 bridgehead atoms. The first-order valence-corrected chi connectivity index (χ1v) is 9.72. The fourth-order valence-corrected chi connectivity index (χ4v) is 3.79. The number of nitrogens with one attached hydrogen (secondary N) is 1. The SMILES string of the molecule is CC(Cc1cccn2ccnc12)NCC1CC(Oc2ccc(F)c(Cl)c2)C1. The molecule has 4 rings (SSSR count). The number of ether oxygens (including phenoxy) is 1. The lowest BCUT2D eigenvalue weighted by atomic mass is 9.82. The Labute approximate surface area is 163 Å². The summed E-state index contributed by atoms with van der Waals surface area (Å²) in [6.45, 7) is 3.18. The molecule has 6 heteroatoms. The van der Waals surface area contributed by atoms with Gasteiger partial charge in [-0.15, -0.1) is 0 Å². The number of halogens is 2. The van der Waals surface area contributed by atoms with Crippen molar-refractivity contribution in [2.75, 3.05) is 6.54 Å². The van der Waals surface area contributed by atoms with Crippen LogP contribution in [0.25, 0.3) is 5.65 Å². The van der Waals surface area contributed by atoms with E-state index in [1.807, 2.05) is 18.6 Å². The van der Waals surface area contributed by atoms with Gasteiger partial charge in [-0.1, -0.05) is 17.7 Å². The van der Waals surface area contributed by atoms with E-state index in [1.165, 1.54) is 11.6 Å². The van der Waals surface area contributed by atoms with Gasteiger partial charge in [-0.3, -0.25) is 0 Å². The molecule has 0 amide bonds. The van der Waals surface area contributed by atoms with Crippen molar-refractivity contribution in [1.29, 1.82) is 0 Å². The zero-order valence-electron chi connectivity index (χ0n) is 15.2. The summed E-state index contributed by atoms with van der Waals surface area (Å²) in [5.74, 6) is 0.828. The van der Waals surface area contributed by atoms with E-state index in [2.05, 4.69) is 33.8 Å². The van der Waals surface area contributed by atoms with Gasteiger partial charge in [0.25, 0.3) is 0 Å². The normalized spacial score (nSPS) is 20.4. The molecule has 0 saturated heterocycles. The highest BCUT2D eigenvalue weighted by Gasteiger charge is 2.31. The van der Waals surface area contributed by atoms with Crippen molar-refractivity contribution in [1.82, 2.24) is 14.7 Å². The zero-order valence-corrected chi connectivity index (χ0v) is 16.0. The largest absolute Gasteiger partial charge is 0.490 e. The molecule has 4 nitrogen and oxygen atoms in total.